The fraction of sp³-hybridized carbons (Fsp3) is 0.200. The molecule has 0 heterocycles. The molecule has 0 saturated carbocycles. The number of hydrogen-bond acceptors (Lipinski definition) is 8. The SMILES string of the molecule is CCOC(=O)/C(=N/OS(=O)(=O)[O-])Sc1ccccc1. The van der Waals surface area contributed by atoms with E-state index in [1.165, 1.54) is 0 Å². The number of rotatable bonds is 4. The van der Waals surface area contributed by atoms with Gasteiger partial charge in [-0.05, 0) is 19.1 Å². The van der Waals surface area contributed by atoms with Crippen LogP contribution in [-0.2, 0) is 24.2 Å². The van der Waals surface area contributed by atoms with Crippen molar-refractivity contribution in [2.24, 2.45) is 5.16 Å². The number of nitrogens with zero attached hydrogens (tertiary/aromatic N) is 1. The summed E-state index contributed by atoms with van der Waals surface area (Å²) in [7, 11) is -5.02. The van der Waals surface area contributed by atoms with Gasteiger partial charge >= 0.3 is 5.97 Å². The largest absolute Gasteiger partial charge is 0.714 e. The Bertz CT molecular complexity index is 555. The van der Waals surface area contributed by atoms with Gasteiger partial charge in [-0.25, -0.2) is 4.79 Å². The van der Waals surface area contributed by atoms with E-state index in [1.54, 1.807) is 37.3 Å². The minimum Gasteiger partial charge on any atom is -0.714 e. The van der Waals surface area contributed by atoms with Gasteiger partial charge in [0, 0.05) is 4.90 Å². The first-order chi connectivity index (χ1) is 8.92. The average molecular weight is 304 g/mol. The number of ether oxygens (including phenoxy) is 1. The molecule has 104 valence electrons. The summed E-state index contributed by atoms with van der Waals surface area (Å²) in [6.07, 6.45) is 0. The van der Waals surface area contributed by atoms with Crippen LogP contribution in [0.4, 0.5) is 0 Å². The topological polar surface area (TPSA) is 105 Å². The molecule has 9 heteroatoms. The van der Waals surface area contributed by atoms with Crippen molar-refractivity contribution in [1.29, 1.82) is 0 Å². The van der Waals surface area contributed by atoms with Crippen LogP contribution in [0.3, 0.4) is 0 Å². The maximum absolute atomic E-state index is 11.5. The van der Waals surface area contributed by atoms with Crippen LogP contribution in [0.15, 0.2) is 40.4 Å². The highest BCUT2D eigenvalue weighted by Crippen LogP contribution is 2.20. The molecule has 0 atom stereocenters. The van der Waals surface area contributed by atoms with Gasteiger partial charge in [0.15, 0.2) is 0 Å². The Labute approximate surface area is 114 Å². The summed E-state index contributed by atoms with van der Waals surface area (Å²) < 4.78 is 39.4. The van der Waals surface area contributed by atoms with Crippen molar-refractivity contribution in [2.45, 2.75) is 11.8 Å². The predicted molar refractivity (Wildman–Crippen MR) is 67.1 cm³/mol. The molecule has 0 bridgehead atoms. The lowest BCUT2D eigenvalue weighted by Gasteiger charge is -2.07. The molecule has 1 rings (SSSR count). The predicted octanol–water partition coefficient (Wildman–Crippen LogP) is 1.13. The van der Waals surface area contributed by atoms with Gasteiger partial charge in [-0.15, -0.1) is 0 Å². The van der Waals surface area contributed by atoms with E-state index in [1.807, 2.05) is 0 Å². The Balaban J connectivity index is 2.89. The molecule has 0 saturated heterocycles. The van der Waals surface area contributed by atoms with E-state index in [0.717, 1.165) is 11.8 Å². The molecular formula is C10H10NO6S2-. The highest BCUT2D eigenvalue weighted by Gasteiger charge is 2.16. The third-order valence-electron chi connectivity index (χ3n) is 1.62. The smallest absolute Gasteiger partial charge is 0.367 e. The van der Waals surface area contributed by atoms with Crippen molar-refractivity contribution in [3.8, 4) is 0 Å². The van der Waals surface area contributed by atoms with Gasteiger partial charge in [-0.2, -0.15) is 8.42 Å². The Morgan fingerprint density at radius 3 is 2.53 bits per heavy atom. The van der Waals surface area contributed by atoms with Gasteiger partial charge < -0.3 is 9.29 Å². The molecule has 1 aromatic rings. The Kier molecular flexibility index (Phi) is 5.80. The number of esters is 1. The van der Waals surface area contributed by atoms with E-state index in [-0.39, 0.29) is 11.7 Å². The Morgan fingerprint density at radius 1 is 1.37 bits per heavy atom. The zero-order chi connectivity index (χ0) is 14.3. The molecule has 0 fully saturated rings. The van der Waals surface area contributed by atoms with Crippen LogP contribution in [0, 0.1) is 0 Å². The first-order valence-electron chi connectivity index (χ1n) is 5.05. The summed E-state index contributed by atoms with van der Waals surface area (Å²) in [5.74, 6) is -0.875. The van der Waals surface area contributed by atoms with Gasteiger partial charge in [0.05, 0.1) is 6.61 Å². The van der Waals surface area contributed by atoms with Crippen LogP contribution in [0.25, 0.3) is 0 Å². The van der Waals surface area contributed by atoms with Gasteiger partial charge in [-0.3, -0.25) is 4.28 Å². The minimum absolute atomic E-state index is 0.0807. The van der Waals surface area contributed by atoms with Crippen molar-refractivity contribution < 1.29 is 26.8 Å². The standard InChI is InChI=1S/C10H11NO6S2/c1-2-16-10(12)9(11-17-19(13,14)15)18-8-6-4-3-5-7-8/h3-7H,2H2,1H3,(H,13,14,15)/p-1/b11-9-. The Morgan fingerprint density at radius 2 is 2.00 bits per heavy atom. The fourth-order valence-corrected chi connectivity index (χ4v) is 1.92. The van der Waals surface area contributed by atoms with Crippen LogP contribution in [0.2, 0.25) is 0 Å². The summed E-state index contributed by atoms with van der Waals surface area (Å²) in [5, 5.41) is 2.63. The van der Waals surface area contributed by atoms with Crippen molar-refractivity contribution in [3.05, 3.63) is 30.3 Å². The highest BCUT2D eigenvalue weighted by molar-refractivity contribution is 8.15. The highest BCUT2D eigenvalue weighted by atomic mass is 32.3. The molecule has 0 aromatic heterocycles. The third-order valence-corrected chi connectivity index (χ3v) is 2.82. The second-order valence-corrected chi connectivity index (χ2v) is 5.04. The molecule has 0 aliphatic rings. The molecule has 1 aromatic carbocycles. The number of benzene rings is 1. The van der Waals surface area contributed by atoms with Crippen LogP contribution in [-0.4, -0.2) is 30.6 Å². The molecule has 0 radical (unpaired) electrons. The maximum atomic E-state index is 11.5. The first kappa shape index (κ1) is 15.5. The molecule has 0 N–H and O–H groups in total. The molecular weight excluding hydrogens is 294 g/mol. The number of carbonyl (C=O) groups is 1. The second-order valence-electron chi connectivity index (χ2n) is 3.01. The monoisotopic (exact) mass is 304 g/mol. The third kappa shape index (κ3) is 6.22. The van der Waals surface area contributed by atoms with Crippen LogP contribution < -0.4 is 0 Å². The van der Waals surface area contributed by atoms with Crippen LogP contribution in [0.1, 0.15) is 6.92 Å². The summed E-state index contributed by atoms with van der Waals surface area (Å²) >= 11 is 0.825. The quantitative estimate of drug-likeness (QED) is 0.156. The van der Waals surface area contributed by atoms with Gasteiger partial charge in [0.2, 0.25) is 5.04 Å². The molecule has 19 heavy (non-hydrogen) atoms. The summed E-state index contributed by atoms with van der Waals surface area (Å²) in [4.78, 5) is 12.1. The molecule has 0 aliphatic heterocycles. The number of hydrogen-bond donors (Lipinski definition) is 0. The number of thioether (sulfide) groups is 1. The van der Waals surface area contributed by atoms with Crippen molar-refractivity contribution in [3.63, 3.8) is 0 Å². The summed E-state index contributed by atoms with van der Waals surface area (Å²) in [6, 6.07) is 8.55. The van der Waals surface area contributed by atoms with Gasteiger partial charge in [0.1, 0.15) is 0 Å². The lowest BCUT2D eigenvalue weighted by atomic mass is 10.4. The van der Waals surface area contributed by atoms with E-state index < -0.39 is 16.4 Å². The molecule has 0 amide bonds. The first-order valence-corrected chi connectivity index (χ1v) is 7.20. The normalized spacial score (nSPS) is 12.0. The number of oxime groups is 1. The van der Waals surface area contributed by atoms with E-state index in [4.69, 9.17) is 0 Å². The minimum atomic E-state index is -5.02. The van der Waals surface area contributed by atoms with Crippen molar-refractivity contribution in [2.75, 3.05) is 6.61 Å². The molecule has 0 unspecified atom stereocenters. The summed E-state index contributed by atoms with van der Waals surface area (Å²) in [6.45, 7) is 1.66. The van der Waals surface area contributed by atoms with E-state index in [9.17, 15) is 17.8 Å². The molecule has 0 spiro atoms. The van der Waals surface area contributed by atoms with E-state index in [2.05, 4.69) is 14.2 Å². The maximum Gasteiger partial charge on any atom is 0.367 e. The lowest BCUT2D eigenvalue weighted by Crippen LogP contribution is -2.15. The van der Waals surface area contributed by atoms with Gasteiger partial charge in [-0.1, -0.05) is 35.1 Å². The zero-order valence-corrected chi connectivity index (χ0v) is 11.4. The lowest BCUT2D eigenvalue weighted by molar-refractivity contribution is -0.134. The van der Waals surface area contributed by atoms with E-state index >= 15 is 0 Å². The zero-order valence-electron chi connectivity index (χ0n) is 9.81. The second kappa shape index (κ2) is 7.12. The average Bonchev–Trinajstić information content (AvgIpc) is 2.35. The molecule has 7 nitrogen and oxygen atoms in total. The molecule has 0 aliphatic carbocycles. The van der Waals surface area contributed by atoms with Crippen LogP contribution in [0.5, 0.6) is 0 Å². The fourth-order valence-electron chi connectivity index (χ4n) is 0.970. The summed E-state index contributed by atoms with van der Waals surface area (Å²) in [5.41, 5.74) is 0. The Hall–Kier alpha value is -1.58. The van der Waals surface area contributed by atoms with Crippen molar-refractivity contribution in [1.82, 2.24) is 0 Å². The van der Waals surface area contributed by atoms with E-state index in [0.29, 0.717) is 4.90 Å². The number of carbonyl (C=O) groups excluding carboxylic acids is 1. The van der Waals surface area contributed by atoms with Gasteiger partial charge in [0.25, 0.3) is 10.4 Å². The van der Waals surface area contributed by atoms with Crippen molar-refractivity contribution >= 4 is 33.2 Å². The van der Waals surface area contributed by atoms with Crippen LogP contribution >= 0.6 is 11.8 Å².